The van der Waals surface area contributed by atoms with Crippen molar-refractivity contribution in [2.24, 2.45) is 0 Å². The summed E-state index contributed by atoms with van der Waals surface area (Å²) in [6.45, 7) is 0. The van der Waals surface area contributed by atoms with Crippen LogP contribution in [0.4, 0.5) is 0 Å². The minimum atomic E-state index is -4.25. The van der Waals surface area contributed by atoms with Crippen molar-refractivity contribution in [3.8, 4) is 5.75 Å². The van der Waals surface area contributed by atoms with E-state index in [-0.39, 0.29) is 0 Å². The fourth-order valence-electron chi connectivity index (χ4n) is 0.758. The average Bonchev–Trinajstić information content (AvgIpc) is 2.02. The number of hydrogen-bond acceptors (Lipinski definition) is 4. The van der Waals surface area contributed by atoms with Crippen LogP contribution in [0.15, 0.2) is 30.3 Å². The third-order valence-electron chi connectivity index (χ3n) is 1.22. The summed E-state index contributed by atoms with van der Waals surface area (Å²) in [4.78, 5) is 0. The molecule has 0 aliphatic carbocycles. The zero-order valence-corrected chi connectivity index (χ0v) is 8.74. The van der Waals surface area contributed by atoms with E-state index in [1.807, 2.05) is 0 Å². The zero-order valence-electron chi connectivity index (χ0n) is 7.03. The lowest BCUT2D eigenvalue weighted by Crippen LogP contribution is -2.01. The van der Waals surface area contributed by atoms with Gasteiger partial charge in [-0.1, -0.05) is 18.2 Å². The highest BCUT2D eigenvalue weighted by Gasteiger charge is 2.27. The Morgan fingerprint density at radius 1 is 1.29 bits per heavy atom. The Labute approximate surface area is 82.3 Å². The highest BCUT2D eigenvalue weighted by atomic mass is 32.2. The predicted molar refractivity (Wildman–Crippen MR) is 51.1 cm³/mol. The lowest BCUT2D eigenvalue weighted by molar-refractivity contribution is 0.480. The quantitative estimate of drug-likeness (QED) is 0.634. The molecule has 1 unspecified atom stereocenters. The van der Waals surface area contributed by atoms with E-state index in [1.165, 1.54) is 12.1 Å². The van der Waals surface area contributed by atoms with Gasteiger partial charge in [-0.05, 0) is 16.7 Å². The molecule has 0 spiro atoms. The summed E-state index contributed by atoms with van der Waals surface area (Å²) >= 11 is 0. The van der Waals surface area contributed by atoms with E-state index < -0.39 is 23.6 Å². The summed E-state index contributed by atoms with van der Waals surface area (Å²) in [5.41, 5.74) is -0.892. The van der Waals surface area contributed by atoms with Crippen LogP contribution in [0.1, 0.15) is 0 Å². The van der Waals surface area contributed by atoms with Crippen LogP contribution in [0.3, 0.4) is 0 Å². The Morgan fingerprint density at radius 3 is 2.36 bits per heavy atom. The van der Waals surface area contributed by atoms with Crippen molar-refractivity contribution in [1.29, 1.82) is 0 Å². The molecule has 1 atom stereocenters. The molecular formula is C7H8O5PS+. The Morgan fingerprint density at radius 2 is 1.86 bits per heavy atom. The van der Waals surface area contributed by atoms with Gasteiger partial charge >= 0.3 is 23.6 Å². The van der Waals surface area contributed by atoms with Crippen LogP contribution in [-0.4, -0.2) is 18.5 Å². The van der Waals surface area contributed by atoms with Gasteiger partial charge in [-0.15, -0.1) is 0 Å². The first-order chi connectivity index (χ1) is 6.47. The molecule has 1 aromatic rings. The summed E-state index contributed by atoms with van der Waals surface area (Å²) in [6, 6.07) is 8.13. The third kappa shape index (κ3) is 4.32. The van der Waals surface area contributed by atoms with Crippen molar-refractivity contribution in [2.75, 3.05) is 5.49 Å². The molecule has 0 aliphatic rings. The molecule has 0 amide bonds. The van der Waals surface area contributed by atoms with Crippen LogP contribution in [0.5, 0.6) is 5.75 Å². The van der Waals surface area contributed by atoms with Gasteiger partial charge in [-0.25, -0.2) is 0 Å². The van der Waals surface area contributed by atoms with Crippen LogP contribution in [-0.2, 0) is 14.7 Å². The fraction of sp³-hybridized carbons (Fsp3) is 0.143. The molecule has 0 fully saturated rings. The first kappa shape index (κ1) is 11.1. The van der Waals surface area contributed by atoms with Gasteiger partial charge in [-0.2, -0.15) is 8.42 Å². The lowest BCUT2D eigenvalue weighted by Gasteiger charge is -1.90. The monoisotopic (exact) mass is 235 g/mol. The van der Waals surface area contributed by atoms with Gasteiger partial charge in [0, 0.05) is 0 Å². The predicted octanol–water partition coefficient (Wildman–Crippen LogP) is 1.65. The molecule has 0 saturated heterocycles. The number of para-hydroxylation sites is 1. The smallest absolute Gasteiger partial charge is 0.282 e. The molecule has 0 bridgehead atoms. The number of benzene rings is 1. The van der Waals surface area contributed by atoms with Gasteiger partial charge in [0.05, 0.1) is 0 Å². The highest BCUT2D eigenvalue weighted by molar-refractivity contribution is 7.91. The molecule has 5 nitrogen and oxygen atoms in total. The van der Waals surface area contributed by atoms with E-state index in [0.29, 0.717) is 5.75 Å². The first-order valence-corrected chi connectivity index (χ1v) is 6.57. The Bertz CT molecular complexity index is 413. The largest absolute Gasteiger partial charge is 0.575 e. The Kier molecular flexibility index (Phi) is 3.57. The second-order valence-corrected chi connectivity index (χ2v) is 5.49. The van der Waals surface area contributed by atoms with Gasteiger partial charge in [0.25, 0.3) is 0 Å². The normalized spacial score (nSPS) is 12.2. The molecule has 1 aromatic carbocycles. The molecule has 0 heterocycles. The van der Waals surface area contributed by atoms with E-state index >= 15 is 0 Å². The van der Waals surface area contributed by atoms with Crippen molar-refractivity contribution in [3.05, 3.63) is 30.3 Å². The molecule has 7 heteroatoms. The maximum atomic E-state index is 11.0. The maximum Gasteiger partial charge on any atom is 0.575 e. The summed E-state index contributed by atoms with van der Waals surface area (Å²) in [6.07, 6.45) is 0. The average molecular weight is 235 g/mol. The van der Waals surface area contributed by atoms with Gasteiger partial charge in [0.1, 0.15) is 0 Å². The minimum Gasteiger partial charge on any atom is -0.282 e. The summed E-state index contributed by atoms with van der Waals surface area (Å²) < 4.78 is 44.8. The van der Waals surface area contributed by atoms with Gasteiger partial charge in [0.15, 0.2) is 5.75 Å². The summed E-state index contributed by atoms with van der Waals surface area (Å²) in [5, 5.41) is 0. The first-order valence-electron chi connectivity index (χ1n) is 3.60. The highest BCUT2D eigenvalue weighted by Crippen LogP contribution is 2.27. The molecule has 0 aromatic heterocycles. The summed E-state index contributed by atoms with van der Waals surface area (Å²) in [5.74, 6) is 0.303. The second kappa shape index (κ2) is 4.50. The topological polar surface area (TPSA) is 80.7 Å². The van der Waals surface area contributed by atoms with Crippen molar-refractivity contribution >= 4 is 18.1 Å². The van der Waals surface area contributed by atoms with Crippen molar-refractivity contribution < 1.29 is 22.1 Å². The molecular weight excluding hydrogens is 227 g/mol. The van der Waals surface area contributed by atoms with Crippen LogP contribution in [0.25, 0.3) is 0 Å². The van der Waals surface area contributed by atoms with Gasteiger partial charge in [-0.3, -0.25) is 9.08 Å². The van der Waals surface area contributed by atoms with Crippen LogP contribution >= 0.6 is 8.03 Å². The zero-order chi connectivity index (χ0) is 10.6. The van der Waals surface area contributed by atoms with Gasteiger partial charge < -0.3 is 0 Å². The molecule has 1 N–H and O–H groups in total. The molecule has 76 valence electrons. The van der Waals surface area contributed by atoms with Gasteiger partial charge in [0.2, 0.25) is 0 Å². The molecule has 1 rings (SSSR count). The fourth-order valence-corrected chi connectivity index (χ4v) is 2.39. The third-order valence-corrected chi connectivity index (χ3v) is 3.78. The van der Waals surface area contributed by atoms with E-state index in [1.54, 1.807) is 18.2 Å². The van der Waals surface area contributed by atoms with Crippen LogP contribution < -0.4 is 4.52 Å². The Hall–Kier alpha value is -0.970. The van der Waals surface area contributed by atoms with Crippen LogP contribution in [0.2, 0.25) is 0 Å². The minimum absolute atomic E-state index is 0.303. The molecule has 14 heavy (non-hydrogen) atoms. The lowest BCUT2D eigenvalue weighted by atomic mass is 10.3. The van der Waals surface area contributed by atoms with Crippen molar-refractivity contribution in [1.82, 2.24) is 0 Å². The van der Waals surface area contributed by atoms with E-state index in [4.69, 9.17) is 9.08 Å². The molecule has 0 aliphatic heterocycles. The number of rotatable bonds is 4. The van der Waals surface area contributed by atoms with Crippen molar-refractivity contribution in [3.63, 3.8) is 0 Å². The van der Waals surface area contributed by atoms with E-state index in [9.17, 15) is 13.0 Å². The summed E-state index contributed by atoms with van der Waals surface area (Å²) in [7, 11) is -6.69. The molecule has 0 radical (unpaired) electrons. The van der Waals surface area contributed by atoms with E-state index in [0.717, 1.165) is 0 Å². The van der Waals surface area contributed by atoms with Crippen molar-refractivity contribution in [2.45, 2.75) is 0 Å². The SMILES string of the molecule is O=[P+](CS(=O)(=O)O)Oc1ccccc1. The Balaban J connectivity index is 2.59. The van der Waals surface area contributed by atoms with Crippen LogP contribution in [0, 0.1) is 0 Å². The standard InChI is InChI=1S/C7H7O5PS/c8-13(6-14(9,10)11)12-7-4-2-1-3-5-7/h1-5H,6H2/p+1. The molecule has 0 saturated carbocycles. The number of hydrogen-bond donors (Lipinski definition) is 1. The van der Waals surface area contributed by atoms with E-state index in [2.05, 4.69) is 0 Å². The second-order valence-electron chi connectivity index (χ2n) is 2.45. The maximum absolute atomic E-state index is 11.0.